The second-order valence-electron chi connectivity index (χ2n) is 3.83. The molecule has 0 aliphatic carbocycles. The fourth-order valence-electron chi connectivity index (χ4n) is 1.52. The molecule has 0 radical (unpaired) electrons. The Morgan fingerprint density at radius 2 is 2.17 bits per heavy atom. The van der Waals surface area contributed by atoms with Gasteiger partial charge in [-0.15, -0.1) is 0 Å². The predicted octanol–water partition coefficient (Wildman–Crippen LogP) is 1.19. The highest BCUT2D eigenvalue weighted by molar-refractivity contribution is 5.33. The lowest BCUT2D eigenvalue weighted by molar-refractivity contribution is 0.0907. The number of halogens is 1. The predicted molar refractivity (Wildman–Crippen MR) is 65.3 cm³/mol. The highest BCUT2D eigenvalue weighted by atomic mass is 19.1. The molecular weight excluding hydrogens is 235 g/mol. The molecule has 1 aromatic carbocycles. The van der Waals surface area contributed by atoms with Gasteiger partial charge in [0, 0.05) is 13.2 Å². The Morgan fingerprint density at radius 1 is 1.33 bits per heavy atom. The molecule has 0 atom stereocenters. The number of hydrogen-bond acceptors (Lipinski definition) is 4. The van der Waals surface area contributed by atoms with E-state index in [9.17, 15) is 4.39 Å². The SMILES string of the molecule is N#Cc1cc(F)cc(CNCCCOCCO)c1. The molecule has 5 heteroatoms. The molecule has 2 N–H and O–H groups in total. The monoisotopic (exact) mass is 252 g/mol. The van der Waals surface area contributed by atoms with E-state index < -0.39 is 5.82 Å². The van der Waals surface area contributed by atoms with Crippen LogP contribution in [0.25, 0.3) is 0 Å². The van der Waals surface area contributed by atoms with Crippen molar-refractivity contribution in [1.29, 1.82) is 5.26 Å². The molecule has 4 nitrogen and oxygen atoms in total. The Morgan fingerprint density at radius 3 is 2.89 bits per heavy atom. The largest absolute Gasteiger partial charge is 0.394 e. The molecule has 1 aromatic rings. The molecule has 0 unspecified atom stereocenters. The zero-order valence-corrected chi connectivity index (χ0v) is 10.2. The van der Waals surface area contributed by atoms with Crippen LogP contribution in [0.15, 0.2) is 18.2 Å². The Labute approximate surface area is 106 Å². The summed E-state index contributed by atoms with van der Waals surface area (Å²) in [6, 6.07) is 6.21. The first-order valence-electron chi connectivity index (χ1n) is 5.85. The zero-order valence-electron chi connectivity index (χ0n) is 10.2. The molecule has 0 aliphatic heterocycles. The molecule has 1 rings (SSSR count). The van der Waals surface area contributed by atoms with E-state index >= 15 is 0 Å². The van der Waals surface area contributed by atoms with Crippen molar-refractivity contribution >= 4 is 0 Å². The first kappa shape index (κ1) is 14.6. The van der Waals surface area contributed by atoms with Gasteiger partial charge in [-0.1, -0.05) is 0 Å². The molecule has 0 amide bonds. The highest BCUT2D eigenvalue weighted by Gasteiger charge is 2.00. The molecule has 0 aliphatic rings. The lowest BCUT2D eigenvalue weighted by atomic mass is 10.1. The third-order valence-corrected chi connectivity index (χ3v) is 2.29. The van der Waals surface area contributed by atoms with E-state index in [1.807, 2.05) is 6.07 Å². The van der Waals surface area contributed by atoms with Crippen molar-refractivity contribution in [2.24, 2.45) is 0 Å². The first-order chi connectivity index (χ1) is 8.76. The van der Waals surface area contributed by atoms with Gasteiger partial charge < -0.3 is 15.2 Å². The fourth-order valence-corrected chi connectivity index (χ4v) is 1.52. The molecule has 0 fully saturated rings. The summed E-state index contributed by atoms with van der Waals surface area (Å²) in [5.74, 6) is -0.392. The standard InChI is InChI=1S/C13H17FN2O2/c14-13-7-11(9-15)6-12(8-13)10-16-2-1-4-18-5-3-17/h6-8,16-17H,1-5,10H2. The minimum absolute atomic E-state index is 0.0354. The van der Waals surface area contributed by atoms with Gasteiger partial charge in [0.15, 0.2) is 0 Å². The number of nitrogens with zero attached hydrogens (tertiary/aromatic N) is 1. The van der Waals surface area contributed by atoms with Gasteiger partial charge in [-0.05, 0) is 36.7 Å². The van der Waals surface area contributed by atoms with Crippen LogP contribution in [0.5, 0.6) is 0 Å². The first-order valence-corrected chi connectivity index (χ1v) is 5.85. The highest BCUT2D eigenvalue weighted by Crippen LogP contribution is 2.08. The van der Waals surface area contributed by atoms with Crippen LogP contribution < -0.4 is 5.32 Å². The maximum Gasteiger partial charge on any atom is 0.124 e. The Balaban J connectivity index is 2.23. The van der Waals surface area contributed by atoms with Crippen molar-refractivity contribution in [1.82, 2.24) is 5.32 Å². The van der Waals surface area contributed by atoms with Crippen molar-refractivity contribution in [2.75, 3.05) is 26.4 Å². The molecular formula is C13H17FN2O2. The Hall–Kier alpha value is -1.48. The number of rotatable bonds is 8. The second kappa shape index (κ2) is 8.59. The lowest BCUT2D eigenvalue weighted by Crippen LogP contribution is -2.17. The van der Waals surface area contributed by atoms with Gasteiger partial charge in [0.1, 0.15) is 5.82 Å². The molecule has 0 spiro atoms. The van der Waals surface area contributed by atoms with E-state index in [0.29, 0.717) is 25.3 Å². The van der Waals surface area contributed by atoms with E-state index in [1.54, 1.807) is 6.07 Å². The summed E-state index contributed by atoms with van der Waals surface area (Å²) < 4.78 is 18.2. The molecule has 0 saturated carbocycles. The minimum atomic E-state index is -0.392. The molecule has 0 saturated heterocycles. The Kier molecular flexibility index (Phi) is 6.96. The normalized spacial score (nSPS) is 10.3. The maximum atomic E-state index is 13.1. The van der Waals surface area contributed by atoms with Crippen LogP contribution in [0.1, 0.15) is 17.5 Å². The van der Waals surface area contributed by atoms with Crippen LogP contribution in [0, 0.1) is 17.1 Å². The van der Waals surface area contributed by atoms with Gasteiger partial charge in [-0.3, -0.25) is 0 Å². The molecule has 0 bridgehead atoms. The van der Waals surface area contributed by atoms with Crippen molar-refractivity contribution in [3.8, 4) is 6.07 Å². The smallest absolute Gasteiger partial charge is 0.124 e. The number of aliphatic hydroxyl groups is 1. The van der Waals surface area contributed by atoms with Crippen LogP contribution in [-0.4, -0.2) is 31.5 Å². The molecule has 98 valence electrons. The van der Waals surface area contributed by atoms with Crippen LogP contribution in [0.3, 0.4) is 0 Å². The quantitative estimate of drug-likeness (QED) is 0.682. The van der Waals surface area contributed by atoms with Gasteiger partial charge >= 0.3 is 0 Å². The summed E-state index contributed by atoms with van der Waals surface area (Å²) in [6.07, 6.45) is 0.820. The topological polar surface area (TPSA) is 65.3 Å². The number of nitrogens with one attached hydrogen (secondary N) is 1. The van der Waals surface area contributed by atoms with Crippen molar-refractivity contribution < 1.29 is 14.2 Å². The summed E-state index contributed by atoms with van der Waals surface area (Å²) in [7, 11) is 0. The van der Waals surface area contributed by atoms with E-state index in [-0.39, 0.29) is 6.61 Å². The van der Waals surface area contributed by atoms with Crippen LogP contribution in [0.4, 0.5) is 4.39 Å². The third kappa shape index (κ3) is 5.73. The second-order valence-corrected chi connectivity index (χ2v) is 3.83. The van der Waals surface area contributed by atoms with E-state index in [1.165, 1.54) is 12.1 Å². The average Bonchev–Trinajstić information content (AvgIpc) is 2.37. The van der Waals surface area contributed by atoms with Gasteiger partial charge in [-0.2, -0.15) is 5.26 Å². The lowest BCUT2D eigenvalue weighted by Gasteiger charge is -2.06. The van der Waals surface area contributed by atoms with E-state index in [2.05, 4.69) is 5.32 Å². The maximum absolute atomic E-state index is 13.1. The third-order valence-electron chi connectivity index (χ3n) is 2.29. The van der Waals surface area contributed by atoms with E-state index in [4.69, 9.17) is 15.1 Å². The van der Waals surface area contributed by atoms with Crippen molar-refractivity contribution in [3.05, 3.63) is 35.1 Å². The molecule has 0 aromatic heterocycles. The molecule has 18 heavy (non-hydrogen) atoms. The number of nitriles is 1. The minimum Gasteiger partial charge on any atom is -0.394 e. The zero-order chi connectivity index (χ0) is 13.2. The number of ether oxygens (including phenoxy) is 1. The van der Waals surface area contributed by atoms with Crippen molar-refractivity contribution in [3.63, 3.8) is 0 Å². The van der Waals surface area contributed by atoms with Gasteiger partial charge in [0.05, 0.1) is 24.8 Å². The number of benzene rings is 1. The molecule has 0 heterocycles. The summed E-state index contributed by atoms with van der Waals surface area (Å²) in [5, 5.41) is 20.3. The number of hydrogen-bond donors (Lipinski definition) is 2. The fraction of sp³-hybridized carbons (Fsp3) is 0.462. The van der Waals surface area contributed by atoms with Crippen LogP contribution in [0.2, 0.25) is 0 Å². The van der Waals surface area contributed by atoms with Crippen molar-refractivity contribution in [2.45, 2.75) is 13.0 Å². The van der Waals surface area contributed by atoms with Gasteiger partial charge in [0.2, 0.25) is 0 Å². The van der Waals surface area contributed by atoms with Crippen LogP contribution >= 0.6 is 0 Å². The van der Waals surface area contributed by atoms with Crippen LogP contribution in [-0.2, 0) is 11.3 Å². The summed E-state index contributed by atoms with van der Waals surface area (Å²) in [5.41, 5.74) is 1.08. The summed E-state index contributed by atoms with van der Waals surface area (Å²) in [6.45, 7) is 2.24. The van der Waals surface area contributed by atoms with Gasteiger partial charge in [0.25, 0.3) is 0 Å². The van der Waals surface area contributed by atoms with E-state index in [0.717, 1.165) is 18.5 Å². The summed E-state index contributed by atoms with van der Waals surface area (Å²) in [4.78, 5) is 0. The average molecular weight is 252 g/mol. The summed E-state index contributed by atoms with van der Waals surface area (Å²) >= 11 is 0. The Bertz CT molecular complexity index is 404. The number of aliphatic hydroxyl groups excluding tert-OH is 1. The van der Waals surface area contributed by atoms with Gasteiger partial charge in [-0.25, -0.2) is 4.39 Å².